The zero-order valence-electron chi connectivity index (χ0n) is 14.8. The molecule has 3 rings (SSSR count). The maximum absolute atomic E-state index is 13.8. The summed E-state index contributed by atoms with van der Waals surface area (Å²) in [6.45, 7) is 1.52. The van der Waals surface area contributed by atoms with Gasteiger partial charge in [-0.2, -0.15) is 5.10 Å². The zero-order valence-corrected chi connectivity index (χ0v) is 17.2. The predicted octanol–water partition coefficient (Wildman–Crippen LogP) is 3.79. The molecule has 6 nitrogen and oxygen atoms in total. The van der Waals surface area contributed by atoms with E-state index in [1.165, 1.54) is 41.7 Å². The first-order valence-corrected chi connectivity index (χ1v) is 10.6. The molecular formula is C18H15ClFN3O3S2. The lowest BCUT2D eigenvalue weighted by atomic mass is 10.2. The van der Waals surface area contributed by atoms with Crippen LogP contribution in [0.4, 0.5) is 4.39 Å². The fraction of sp³-hybridized carbons (Fsp3) is 0.111. The molecule has 1 aromatic heterocycles. The van der Waals surface area contributed by atoms with Gasteiger partial charge in [0.2, 0.25) is 0 Å². The molecule has 146 valence electrons. The van der Waals surface area contributed by atoms with Gasteiger partial charge in [0.1, 0.15) is 10.7 Å². The minimum atomic E-state index is -4.16. The molecule has 0 aliphatic rings. The van der Waals surface area contributed by atoms with Crippen LogP contribution < -0.4 is 4.72 Å². The van der Waals surface area contributed by atoms with Gasteiger partial charge < -0.3 is 0 Å². The van der Waals surface area contributed by atoms with Crippen molar-refractivity contribution in [2.45, 2.75) is 21.6 Å². The van der Waals surface area contributed by atoms with Crippen LogP contribution in [0.5, 0.6) is 0 Å². The Morgan fingerprint density at radius 2 is 1.89 bits per heavy atom. The van der Waals surface area contributed by atoms with Gasteiger partial charge in [-0.25, -0.2) is 17.5 Å². The molecule has 0 aliphatic carbocycles. The number of aryl methyl sites for hydroxylation is 2. The summed E-state index contributed by atoms with van der Waals surface area (Å²) < 4.78 is 42.2. The number of sulfonamides is 1. The SMILES string of the molecule is Cc1nn(C)cc1S(=O)(=O)NC(=O)c1cc(F)ccc1Sc1ccc(Cl)cc1. The molecule has 28 heavy (non-hydrogen) atoms. The van der Waals surface area contributed by atoms with Crippen LogP contribution in [0.25, 0.3) is 0 Å². The summed E-state index contributed by atoms with van der Waals surface area (Å²) in [5.74, 6) is -1.58. The van der Waals surface area contributed by atoms with Gasteiger partial charge in [-0.05, 0) is 49.4 Å². The lowest BCUT2D eigenvalue weighted by molar-refractivity contribution is 0.0978. The minimum Gasteiger partial charge on any atom is -0.274 e. The van der Waals surface area contributed by atoms with E-state index in [2.05, 4.69) is 5.10 Å². The Hall–Kier alpha value is -2.36. The van der Waals surface area contributed by atoms with Crippen LogP contribution in [-0.2, 0) is 17.1 Å². The Morgan fingerprint density at radius 1 is 1.21 bits per heavy atom. The molecule has 0 aliphatic heterocycles. The highest BCUT2D eigenvalue weighted by atomic mass is 35.5. The van der Waals surface area contributed by atoms with Gasteiger partial charge >= 0.3 is 0 Å². The summed E-state index contributed by atoms with van der Waals surface area (Å²) in [5, 5.41) is 4.52. The van der Waals surface area contributed by atoms with E-state index in [4.69, 9.17) is 11.6 Å². The van der Waals surface area contributed by atoms with E-state index in [1.54, 1.807) is 31.3 Å². The lowest BCUT2D eigenvalue weighted by Crippen LogP contribution is -2.31. The molecule has 0 spiro atoms. The van der Waals surface area contributed by atoms with Crippen molar-refractivity contribution < 1.29 is 17.6 Å². The van der Waals surface area contributed by atoms with Crippen molar-refractivity contribution in [1.29, 1.82) is 0 Å². The number of nitrogens with one attached hydrogen (secondary N) is 1. The standard InChI is InChI=1S/C18H15ClFN3O3S2/c1-11-17(10-23(2)21-11)28(25,26)22-18(24)15-9-13(20)5-8-16(15)27-14-6-3-12(19)4-7-14/h3-10H,1-2H3,(H,22,24). The van der Waals surface area contributed by atoms with Crippen molar-refractivity contribution in [1.82, 2.24) is 14.5 Å². The van der Waals surface area contributed by atoms with Crippen molar-refractivity contribution in [3.8, 4) is 0 Å². The Bertz CT molecular complexity index is 1150. The summed E-state index contributed by atoms with van der Waals surface area (Å²) in [5.41, 5.74) is 0.155. The van der Waals surface area contributed by atoms with Crippen molar-refractivity contribution in [3.05, 3.63) is 70.8 Å². The quantitative estimate of drug-likeness (QED) is 0.654. The number of amides is 1. The normalized spacial score (nSPS) is 11.4. The predicted molar refractivity (Wildman–Crippen MR) is 105 cm³/mol. The number of carbonyl (C=O) groups excluding carboxylic acids is 1. The van der Waals surface area contributed by atoms with Crippen LogP contribution in [0.2, 0.25) is 5.02 Å². The average Bonchev–Trinajstić information content (AvgIpc) is 2.97. The second-order valence-corrected chi connectivity index (χ2v) is 9.09. The highest BCUT2D eigenvalue weighted by molar-refractivity contribution is 7.99. The van der Waals surface area contributed by atoms with Gasteiger partial charge in [-0.1, -0.05) is 23.4 Å². The maximum Gasteiger partial charge on any atom is 0.267 e. The first-order valence-electron chi connectivity index (χ1n) is 7.96. The van der Waals surface area contributed by atoms with Crippen molar-refractivity contribution in [2.24, 2.45) is 7.05 Å². The Kier molecular flexibility index (Phi) is 5.78. The average molecular weight is 440 g/mol. The summed E-state index contributed by atoms with van der Waals surface area (Å²) in [7, 11) is -2.59. The number of nitrogens with zero attached hydrogens (tertiary/aromatic N) is 2. The molecule has 10 heteroatoms. The van der Waals surface area contributed by atoms with E-state index in [9.17, 15) is 17.6 Å². The van der Waals surface area contributed by atoms with Gasteiger partial charge in [0.25, 0.3) is 15.9 Å². The molecule has 0 fully saturated rings. The van der Waals surface area contributed by atoms with Gasteiger partial charge in [-0.15, -0.1) is 0 Å². The van der Waals surface area contributed by atoms with Gasteiger partial charge in [-0.3, -0.25) is 9.48 Å². The molecule has 0 saturated carbocycles. The van der Waals surface area contributed by atoms with E-state index in [-0.39, 0.29) is 16.2 Å². The highest BCUT2D eigenvalue weighted by Gasteiger charge is 2.25. The van der Waals surface area contributed by atoms with E-state index in [0.717, 1.165) is 11.0 Å². The van der Waals surface area contributed by atoms with Gasteiger partial charge in [0.05, 0.1) is 11.3 Å². The van der Waals surface area contributed by atoms with Crippen LogP contribution in [0, 0.1) is 12.7 Å². The molecule has 2 aromatic carbocycles. The molecule has 0 radical (unpaired) electrons. The molecule has 3 aromatic rings. The van der Waals surface area contributed by atoms with Crippen LogP contribution in [0.1, 0.15) is 16.1 Å². The lowest BCUT2D eigenvalue weighted by Gasteiger charge is -2.11. The summed E-state index contributed by atoms with van der Waals surface area (Å²) in [4.78, 5) is 13.7. The maximum atomic E-state index is 13.8. The van der Waals surface area contributed by atoms with Crippen molar-refractivity contribution in [2.75, 3.05) is 0 Å². The number of benzene rings is 2. The largest absolute Gasteiger partial charge is 0.274 e. The van der Waals surface area contributed by atoms with Gasteiger partial charge in [0.15, 0.2) is 0 Å². The first-order chi connectivity index (χ1) is 13.2. The molecule has 0 bridgehead atoms. The van der Waals surface area contributed by atoms with Crippen LogP contribution in [0.3, 0.4) is 0 Å². The summed E-state index contributed by atoms with van der Waals surface area (Å²) in [6.07, 6.45) is 1.29. The third-order valence-corrected chi connectivity index (χ3v) is 6.48. The second-order valence-electron chi connectivity index (χ2n) is 5.88. The Balaban J connectivity index is 1.91. The van der Waals surface area contributed by atoms with Crippen molar-refractivity contribution in [3.63, 3.8) is 0 Å². The monoisotopic (exact) mass is 439 g/mol. The minimum absolute atomic E-state index is 0.0925. The third-order valence-electron chi connectivity index (χ3n) is 3.71. The van der Waals surface area contributed by atoms with Crippen LogP contribution >= 0.6 is 23.4 Å². The van der Waals surface area contributed by atoms with E-state index in [0.29, 0.717) is 9.92 Å². The summed E-state index contributed by atoms with van der Waals surface area (Å²) in [6, 6.07) is 10.5. The molecule has 1 N–H and O–H groups in total. The molecular weight excluding hydrogens is 425 g/mol. The Morgan fingerprint density at radius 3 is 2.50 bits per heavy atom. The molecule has 1 heterocycles. The number of hydrogen-bond acceptors (Lipinski definition) is 5. The smallest absolute Gasteiger partial charge is 0.267 e. The number of halogens is 2. The van der Waals surface area contributed by atoms with Crippen LogP contribution in [-0.4, -0.2) is 24.1 Å². The van der Waals surface area contributed by atoms with Gasteiger partial charge in [0, 0.05) is 28.1 Å². The number of carbonyl (C=O) groups is 1. The fourth-order valence-corrected chi connectivity index (χ4v) is 4.71. The number of hydrogen-bond donors (Lipinski definition) is 1. The van der Waals surface area contributed by atoms with E-state index >= 15 is 0 Å². The zero-order chi connectivity index (χ0) is 20.5. The third kappa shape index (κ3) is 4.54. The fourth-order valence-electron chi connectivity index (χ4n) is 2.47. The van der Waals surface area contributed by atoms with Crippen molar-refractivity contribution >= 4 is 39.3 Å². The van der Waals surface area contributed by atoms with E-state index < -0.39 is 21.7 Å². The molecule has 1 amide bonds. The first kappa shape index (κ1) is 20.4. The number of aromatic nitrogens is 2. The van der Waals surface area contributed by atoms with E-state index in [1.807, 2.05) is 4.72 Å². The summed E-state index contributed by atoms with van der Waals surface area (Å²) >= 11 is 7.06. The number of rotatable bonds is 5. The molecule has 0 saturated heterocycles. The second kappa shape index (κ2) is 7.94. The topological polar surface area (TPSA) is 81.1 Å². The Labute approximate surface area is 170 Å². The van der Waals surface area contributed by atoms with Crippen LogP contribution in [0.15, 0.2) is 63.3 Å². The molecule has 0 unspecified atom stereocenters. The molecule has 0 atom stereocenters. The highest BCUT2D eigenvalue weighted by Crippen LogP contribution is 2.32.